The molecule has 0 unspecified atom stereocenters. The van der Waals surface area contributed by atoms with Gasteiger partial charge in [0.1, 0.15) is 17.4 Å². The quantitative estimate of drug-likeness (QED) is 0.734. The fraction of sp³-hybridized carbons (Fsp3) is 0.200. The first-order chi connectivity index (χ1) is 12.5. The monoisotopic (exact) mass is 353 g/mol. The van der Waals surface area contributed by atoms with E-state index in [1.807, 2.05) is 31.2 Å². The van der Waals surface area contributed by atoms with Gasteiger partial charge < -0.3 is 10.1 Å². The predicted octanol–water partition coefficient (Wildman–Crippen LogP) is 3.78. The Balaban J connectivity index is 1.63. The molecule has 0 fully saturated rings. The molecule has 1 aromatic heterocycles. The van der Waals surface area contributed by atoms with Crippen molar-refractivity contribution in [1.29, 1.82) is 0 Å². The summed E-state index contributed by atoms with van der Waals surface area (Å²) in [4.78, 5) is 12.4. The molecule has 6 heteroatoms. The zero-order valence-electron chi connectivity index (χ0n) is 14.6. The van der Waals surface area contributed by atoms with Crippen LogP contribution in [0.15, 0.2) is 60.8 Å². The Hall–Kier alpha value is -3.15. The van der Waals surface area contributed by atoms with Crippen molar-refractivity contribution in [3.05, 3.63) is 77.7 Å². The van der Waals surface area contributed by atoms with Crippen LogP contribution in [0.5, 0.6) is 5.75 Å². The normalized spacial score (nSPS) is 11.8. The SMILES string of the molecule is Cc1ccc(Cn2nccc2NC(=O)[C@@H](C)Oc2ccc(F)cc2)cc1. The number of ether oxygens (including phenoxy) is 1. The van der Waals surface area contributed by atoms with Gasteiger partial charge in [-0.25, -0.2) is 9.07 Å². The van der Waals surface area contributed by atoms with Crippen molar-refractivity contribution in [2.75, 3.05) is 5.32 Å². The van der Waals surface area contributed by atoms with E-state index in [9.17, 15) is 9.18 Å². The first kappa shape index (κ1) is 17.7. The average Bonchev–Trinajstić information content (AvgIpc) is 3.05. The Bertz CT molecular complexity index is 873. The van der Waals surface area contributed by atoms with Gasteiger partial charge in [0.25, 0.3) is 5.91 Å². The molecule has 0 spiro atoms. The lowest BCUT2D eigenvalue weighted by Crippen LogP contribution is -2.31. The average molecular weight is 353 g/mol. The van der Waals surface area contributed by atoms with Gasteiger partial charge in [-0.1, -0.05) is 29.8 Å². The molecular formula is C20H20FN3O2. The lowest BCUT2D eigenvalue weighted by Gasteiger charge is -2.15. The number of amides is 1. The zero-order chi connectivity index (χ0) is 18.5. The summed E-state index contributed by atoms with van der Waals surface area (Å²) in [6, 6.07) is 15.4. The third-order valence-corrected chi connectivity index (χ3v) is 3.92. The largest absolute Gasteiger partial charge is 0.481 e. The maximum absolute atomic E-state index is 12.9. The molecule has 0 aliphatic heterocycles. The van der Waals surface area contributed by atoms with E-state index in [1.165, 1.54) is 29.8 Å². The van der Waals surface area contributed by atoms with E-state index in [4.69, 9.17) is 4.74 Å². The number of aromatic nitrogens is 2. The lowest BCUT2D eigenvalue weighted by molar-refractivity contribution is -0.122. The minimum Gasteiger partial charge on any atom is -0.481 e. The molecule has 2 aromatic carbocycles. The van der Waals surface area contributed by atoms with Gasteiger partial charge in [0.2, 0.25) is 0 Å². The Morgan fingerprint density at radius 3 is 2.54 bits per heavy atom. The van der Waals surface area contributed by atoms with Crippen LogP contribution in [0.4, 0.5) is 10.2 Å². The number of carbonyl (C=O) groups is 1. The predicted molar refractivity (Wildman–Crippen MR) is 97.6 cm³/mol. The Morgan fingerprint density at radius 2 is 1.85 bits per heavy atom. The second kappa shape index (κ2) is 7.82. The number of aryl methyl sites for hydroxylation is 1. The number of nitrogens with one attached hydrogen (secondary N) is 1. The van der Waals surface area contributed by atoms with Crippen molar-refractivity contribution in [3.63, 3.8) is 0 Å². The van der Waals surface area contributed by atoms with Gasteiger partial charge in [0.15, 0.2) is 6.10 Å². The second-order valence-electron chi connectivity index (χ2n) is 6.06. The number of hydrogen-bond acceptors (Lipinski definition) is 3. The minimum absolute atomic E-state index is 0.306. The highest BCUT2D eigenvalue weighted by atomic mass is 19.1. The fourth-order valence-electron chi connectivity index (χ4n) is 2.43. The Labute approximate surface area is 151 Å². The van der Waals surface area contributed by atoms with Crippen molar-refractivity contribution in [2.45, 2.75) is 26.5 Å². The van der Waals surface area contributed by atoms with Crippen molar-refractivity contribution >= 4 is 11.7 Å². The molecule has 0 radical (unpaired) electrons. The van der Waals surface area contributed by atoms with Gasteiger partial charge in [-0.2, -0.15) is 5.10 Å². The van der Waals surface area contributed by atoms with Gasteiger partial charge in [-0.05, 0) is 43.7 Å². The fourth-order valence-corrected chi connectivity index (χ4v) is 2.43. The van der Waals surface area contributed by atoms with Crippen molar-refractivity contribution in [3.8, 4) is 5.75 Å². The standard InChI is InChI=1S/C20H20FN3O2/c1-14-3-5-16(6-4-14)13-24-19(11-12-22-24)23-20(25)15(2)26-18-9-7-17(21)8-10-18/h3-12,15H,13H2,1-2H3,(H,23,25)/t15-/m1/s1. The van der Waals surface area contributed by atoms with Gasteiger partial charge in [-0.15, -0.1) is 0 Å². The molecule has 1 heterocycles. The van der Waals surface area contributed by atoms with Gasteiger partial charge >= 0.3 is 0 Å². The lowest BCUT2D eigenvalue weighted by atomic mass is 10.1. The van der Waals surface area contributed by atoms with Crippen LogP contribution >= 0.6 is 0 Å². The molecule has 1 amide bonds. The number of halogens is 1. The molecule has 0 aliphatic carbocycles. The molecule has 0 saturated heterocycles. The molecule has 1 N–H and O–H groups in total. The summed E-state index contributed by atoms with van der Waals surface area (Å²) in [5.41, 5.74) is 2.28. The van der Waals surface area contributed by atoms with E-state index in [-0.39, 0.29) is 11.7 Å². The van der Waals surface area contributed by atoms with Gasteiger partial charge in [-0.3, -0.25) is 4.79 Å². The topological polar surface area (TPSA) is 56.2 Å². The van der Waals surface area contributed by atoms with Crippen LogP contribution in [-0.4, -0.2) is 21.8 Å². The zero-order valence-corrected chi connectivity index (χ0v) is 14.6. The number of carbonyl (C=O) groups excluding carboxylic acids is 1. The first-order valence-corrected chi connectivity index (χ1v) is 8.32. The first-order valence-electron chi connectivity index (χ1n) is 8.32. The number of anilines is 1. The number of hydrogen-bond donors (Lipinski definition) is 1. The minimum atomic E-state index is -0.733. The van der Waals surface area contributed by atoms with Crippen LogP contribution < -0.4 is 10.1 Å². The highest BCUT2D eigenvalue weighted by molar-refractivity contribution is 5.93. The summed E-state index contributed by atoms with van der Waals surface area (Å²) in [6.07, 6.45) is 0.901. The number of rotatable bonds is 6. The smallest absolute Gasteiger partial charge is 0.266 e. The molecule has 1 atom stereocenters. The highest BCUT2D eigenvalue weighted by Gasteiger charge is 2.17. The summed E-state index contributed by atoms with van der Waals surface area (Å²) < 4.78 is 20.2. The van der Waals surface area contributed by atoms with E-state index in [0.29, 0.717) is 18.1 Å². The molecule has 0 saturated carbocycles. The number of nitrogens with zero attached hydrogens (tertiary/aromatic N) is 2. The second-order valence-corrected chi connectivity index (χ2v) is 6.06. The maximum Gasteiger partial charge on any atom is 0.266 e. The van der Waals surface area contributed by atoms with Crippen molar-refractivity contribution < 1.29 is 13.9 Å². The molecule has 26 heavy (non-hydrogen) atoms. The molecule has 3 aromatic rings. The van der Waals surface area contributed by atoms with Gasteiger partial charge in [0.05, 0.1) is 12.7 Å². The van der Waals surface area contributed by atoms with E-state index < -0.39 is 6.10 Å². The van der Waals surface area contributed by atoms with Crippen LogP contribution in [0.1, 0.15) is 18.1 Å². The van der Waals surface area contributed by atoms with E-state index in [1.54, 1.807) is 23.9 Å². The van der Waals surface area contributed by atoms with Crippen LogP contribution in [0.25, 0.3) is 0 Å². The Morgan fingerprint density at radius 1 is 1.15 bits per heavy atom. The molecule has 134 valence electrons. The van der Waals surface area contributed by atoms with Crippen molar-refractivity contribution in [1.82, 2.24) is 9.78 Å². The Kier molecular flexibility index (Phi) is 5.31. The molecular weight excluding hydrogens is 333 g/mol. The summed E-state index contributed by atoms with van der Waals surface area (Å²) in [5, 5.41) is 7.08. The van der Waals surface area contributed by atoms with Gasteiger partial charge in [0, 0.05) is 6.07 Å². The summed E-state index contributed by atoms with van der Waals surface area (Å²) in [5.74, 6) is 0.363. The molecule has 5 nitrogen and oxygen atoms in total. The van der Waals surface area contributed by atoms with Crippen molar-refractivity contribution in [2.24, 2.45) is 0 Å². The highest BCUT2D eigenvalue weighted by Crippen LogP contribution is 2.15. The van der Waals surface area contributed by atoms with Crippen LogP contribution in [0, 0.1) is 12.7 Å². The molecule has 0 aliphatic rings. The third-order valence-electron chi connectivity index (χ3n) is 3.92. The molecule has 0 bridgehead atoms. The van der Waals surface area contributed by atoms with Crippen LogP contribution in [-0.2, 0) is 11.3 Å². The van der Waals surface area contributed by atoms with E-state index >= 15 is 0 Å². The summed E-state index contributed by atoms with van der Waals surface area (Å²) in [6.45, 7) is 4.22. The maximum atomic E-state index is 12.9. The van der Waals surface area contributed by atoms with Crippen LogP contribution in [0.2, 0.25) is 0 Å². The third kappa shape index (κ3) is 4.47. The number of benzene rings is 2. The van der Waals surface area contributed by atoms with E-state index in [0.717, 1.165) is 5.56 Å². The van der Waals surface area contributed by atoms with Crippen LogP contribution in [0.3, 0.4) is 0 Å². The van der Waals surface area contributed by atoms with E-state index in [2.05, 4.69) is 10.4 Å². The summed E-state index contributed by atoms with van der Waals surface area (Å²) in [7, 11) is 0. The summed E-state index contributed by atoms with van der Waals surface area (Å²) >= 11 is 0. The molecule has 3 rings (SSSR count).